The third-order valence-corrected chi connectivity index (χ3v) is 3.73. The molecule has 4 nitrogen and oxygen atoms in total. The second-order valence-electron chi connectivity index (χ2n) is 6.41. The van der Waals surface area contributed by atoms with Crippen LogP contribution in [0.5, 0.6) is 0 Å². The Morgan fingerprint density at radius 2 is 0.625 bits per heavy atom. The van der Waals surface area contributed by atoms with Crippen molar-refractivity contribution in [2.24, 2.45) is 0 Å². The molecule has 1 fully saturated rings. The minimum Gasteiger partial charge on any atom is -0.478 e. The van der Waals surface area contributed by atoms with E-state index in [1.54, 1.807) is 0 Å². The molecule has 1 aliphatic rings. The first-order valence-corrected chi connectivity index (χ1v) is 9.06. The van der Waals surface area contributed by atoms with Crippen LogP contribution in [-0.2, 0) is 9.59 Å². The third kappa shape index (κ3) is 22.7. The van der Waals surface area contributed by atoms with Crippen LogP contribution in [0.15, 0.2) is 24.3 Å². The van der Waals surface area contributed by atoms with Crippen LogP contribution < -0.4 is 0 Å². The van der Waals surface area contributed by atoms with Gasteiger partial charge in [0.15, 0.2) is 0 Å². The van der Waals surface area contributed by atoms with Crippen molar-refractivity contribution in [3.05, 3.63) is 24.3 Å². The fourth-order valence-electron chi connectivity index (χ4n) is 2.12. The lowest BCUT2D eigenvalue weighted by atomic mass is 10.0. The van der Waals surface area contributed by atoms with Crippen LogP contribution in [-0.4, -0.2) is 22.2 Å². The molecule has 24 heavy (non-hydrogen) atoms. The first kappa shape index (κ1) is 24.7. The van der Waals surface area contributed by atoms with Crippen molar-refractivity contribution in [3.8, 4) is 0 Å². The molecule has 0 amide bonds. The highest BCUT2D eigenvalue weighted by Gasteiger charge is 1.96. The van der Waals surface area contributed by atoms with Gasteiger partial charge in [0, 0.05) is 11.1 Å². The van der Waals surface area contributed by atoms with E-state index < -0.39 is 11.9 Å². The Morgan fingerprint density at radius 1 is 0.542 bits per heavy atom. The fourth-order valence-corrected chi connectivity index (χ4v) is 2.12. The monoisotopic (exact) mass is 340 g/mol. The topological polar surface area (TPSA) is 74.6 Å². The highest BCUT2D eigenvalue weighted by molar-refractivity contribution is 5.85. The zero-order valence-electron chi connectivity index (χ0n) is 15.6. The first-order valence-electron chi connectivity index (χ1n) is 9.06. The third-order valence-electron chi connectivity index (χ3n) is 3.73. The summed E-state index contributed by atoms with van der Waals surface area (Å²) >= 11 is 0. The van der Waals surface area contributed by atoms with Crippen LogP contribution in [0, 0.1) is 0 Å². The van der Waals surface area contributed by atoms with E-state index in [-0.39, 0.29) is 11.1 Å². The van der Waals surface area contributed by atoms with Crippen molar-refractivity contribution in [3.63, 3.8) is 0 Å². The summed E-state index contributed by atoms with van der Waals surface area (Å²) in [5.41, 5.74) is 0.352. The molecular weight excluding hydrogens is 304 g/mol. The molecule has 1 saturated carbocycles. The molecule has 0 aliphatic heterocycles. The number of aliphatic carboxylic acids is 2. The molecule has 0 aromatic rings. The Labute approximate surface area is 147 Å². The summed E-state index contributed by atoms with van der Waals surface area (Å²) < 4.78 is 0. The molecule has 0 heterocycles. The maximum absolute atomic E-state index is 9.60. The van der Waals surface area contributed by atoms with E-state index in [4.69, 9.17) is 10.2 Å². The molecule has 0 atom stereocenters. The Kier molecular flexibility index (Phi) is 18.3. The average Bonchev–Trinajstić information content (AvgIpc) is 2.48. The van der Waals surface area contributed by atoms with Gasteiger partial charge >= 0.3 is 11.9 Å². The Hall–Kier alpha value is -1.58. The zero-order chi connectivity index (χ0) is 18.8. The van der Waals surface area contributed by atoms with Crippen LogP contribution in [0.25, 0.3) is 0 Å². The van der Waals surface area contributed by atoms with E-state index in [2.05, 4.69) is 13.2 Å². The maximum atomic E-state index is 9.60. The zero-order valence-corrected chi connectivity index (χ0v) is 15.6. The van der Waals surface area contributed by atoms with Gasteiger partial charge in [-0.1, -0.05) is 90.2 Å². The molecule has 1 aliphatic carbocycles. The van der Waals surface area contributed by atoms with Crippen molar-refractivity contribution < 1.29 is 19.8 Å². The summed E-state index contributed by atoms with van der Waals surface area (Å²) in [6.45, 7) is 9.20. The predicted molar refractivity (Wildman–Crippen MR) is 100 cm³/mol. The number of carboxylic acid groups (broad SMARTS) is 2. The van der Waals surface area contributed by atoms with Gasteiger partial charge in [0.25, 0.3) is 0 Å². The predicted octanol–water partition coefficient (Wildman–Crippen LogP) is 5.98. The van der Waals surface area contributed by atoms with Crippen LogP contribution in [0.3, 0.4) is 0 Å². The SMILES string of the molecule is C1CCCCCCCCCCC1.C=C(C)C(=O)O.C=C(C)C(=O)O. The summed E-state index contributed by atoms with van der Waals surface area (Å²) in [7, 11) is 0. The van der Waals surface area contributed by atoms with Crippen molar-refractivity contribution in [2.75, 3.05) is 0 Å². The van der Waals surface area contributed by atoms with E-state index in [0.717, 1.165) is 0 Å². The molecule has 0 saturated heterocycles. The van der Waals surface area contributed by atoms with Crippen molar-refractivity contribution >= 4 is 11.9 Å². The highest BCUT2D eigenvalue weighted by Crippen LogP contribution is 2.15. The Bertz CT molecular complexity index is 281. The lowest BCUT2D eigenvalue weighted by molar-refractivity contribution is -0.133. The normalized spacial score (nSPS) is 15.8. The molecule has 2 N–H and O–H groups in total. The van der Waals surface area contributed by atoms with Crippen LogP contribution in [0.1, 0.15) is 90.9 Å². The summed E-state index contributed by atoms with van der Waals surface area (Å²) in [4.78, 5) is 19.2. The van der Waals surface area contributed by atoms with E-state index in [1.807, 2.05) is 0 Å². The number of carbonyl (C=O) groups is 2. The molecule has 0 bridgehead atoms. The summed E-state index contributed by atoms with van der Waals surface area (Å²) in [5.74, 6) is -1.87. The minimum absolute atomic E-state index is 0.176. The van der Waals surface area contributed by atoms with Gasteiger partial charge in [-0.2, -0.15) is 0 Å². The summed E-state index contributed by atoms with van der Waals surface area (Å²) in [5, 5.41) is 15.8. The van der Waals surface area contributed by atoms with Crippen molar-refractivity contribution in [2.45, 2.75) is 90.9 Å². The standard InChI is InChI=1S/C12H24.2C4H6O2/c1-2-4-6-8-10-12-11-9-7-5-3-1;2*1-3(2)4(5)6/h1-12H2;2*1H2,2H3,(H,5,6). The van der Waals surface area contributed by atoms with E-state index in [9.17, 15) is 9.59 Å². The van der Waals surface area contributed by atoms with Crippen molar-refractivity contribution in [1.29, 1.82) is 0 Å². The number of hydrogen-bond acceptors (Lipinski definition) is 2. The summed E-state index contributed by atoms with van der Waals surface area (Å²) in [6.07, 6.45) is 18.0. The Balaban J connectivity index is 0. The van der Waals surface area contributed by atoms with Gasteiger partial charge in [0.2, 0.25) is 0 Å². The van der Waals surface area contributed by atoms with Gasteiger partial charge in [-0.15, -0.1) is 0 Å². The second-order valence-corrected chi connectivity index (χ2v) is 6.41. The van der Waals surface area contributed by atoms with Gasteiger partial charge in [0.05, 0.1) is 0 Å². The van der Waals surface area contributed by atoms with Crippen LogP contribution >= 0.6 is 0 Å². The van der Waals surface area contributed by atoms with Gasteiger partial charge in [-0.3, -0.25) is 0 Å². The molecule has 4 heteroatoms. The molecule has 0 unspecified atom stereocenters. The fraction of sp³-hybridized carbons (Fsp3) is 0.700. The average molecular weight is 341 g/mol. The molecule has 1 rings (SSSR count). The lowest BCUT2D eigenvalue weighted by Crippen LogP contribution is -1.92. The van der Waals surface area contributed by atoms with Gasteiger partial charge < -0.3 is 10.2 Å². The summed E-state index contributed by atoms with van der Waals surface area (Å²) in [6, 6.07) is 0. The molecular formula is C20H36O4. The highest BCUT2D eigenvalue weighted by atomic mass is 16.4. The van der Waals surface area contributed by atoms with Gasteiger partial charge in [-0.25, -0.2) is 9.59 Å². The van der Waals surface area contributed by atoms with Crippen LogP contribution in [0.4, 0.5) is 0 Å². The molecule has 0 spiro atoms. The van der Waals surface area contributed by atoms with E-state index in [1.165, 1.54) is 90.9 Å². The molecule has 0 radical (unpaired) electrons. The van der Waals surface area contributed by atoms with E-state index >= 15 is 0 Å². The van der Waals surface area contributed by atoms with E-state index in [0.29, 0.717) is 0 Å². The van der Waals surface area contributed by atoms with Crippen LogP contribution in [0.2, 0.25) is 0 Å². The van der Waals surface area contributed by atoms with Gasteiger partial charge in [-0.05, 0) is 13.8 Å². The molecule has 0 aromatic heterocycles. The number of hydrogen-bond donors (Lipinski definition) is 2. The minimum atomic E-state index is -0.935. The largest absolute Gasteiger partial charge is 0.478 e. The molecule has 140 valence electrons. The van der Waals surface area contributed by atoms with Crippen molar-refractivity contribution in [1.82, 2.24) is 0 Å². The number of rotatable bonds is 2. The number of carboxylic acids is 2. The quantitative estimate of drug-likeness (QED) is 0.607. The lowest BCUT2D eigenvalue weighted by Gasteiger charge is -2.05. The van der Waals surface area contributed by atoms with Gasteiger partial charge in [0.1, 0.15) is 0 Å². The molecule has 0 aromatic carbocycles. The Morgan fingerprint density at radius 3 is 0.667 bits per heavy atom. The first-order chi connectivity index (χ1) is 11.3. The second kappa shape index (κ2) is 17.8. The maximum Gasteiger partial charge on any atom is 0.330 e. The smallest absolute Gasteiger partial charge is 0.330 e.